The minimum absolute atomic E-state index is 0.124. The first-order chi connectivity index (χ1) is 16.0. The summed E-state index contributed by atoms with van der Waals surface area (Å²) >= 11 is 0. The number of rotatable bonds is 4. The number of aryl methyl sites for hydroxylation is 3. The fourth-order valence-corrected chi connectivity index (χ4v) is 3.93. The molecule has 1 aromatic heterocycles. The number of benzene rings is 4. The normalized spacial score (nSPS) is 11.0. The van der Waals surface area contributed by atoms with E-state index in [1.807, 2.05) is 87.5 Å². The number of nitrogens with zero attached hydrogens (tertiary/aromatic N) is 3. The van der Waals surface area contributed by atoms with Crippen LogP contribution in [0.15, 0.2) is 84.9 Å². The highest BCUT2D eigenvalue weighted by Gasteiger charge is 2.20. The van der Waals surface area contributed by atoms with Gasteiger partial charge in [-0.2, -0.15) is 0 Å². The van der Waals surface area contributed by atoms with Crippen molar-refractivity contribution in [2.24, 2.45) is 0 Å². The van der Waals surface area contributed by atoms with E-state index < -0.39 is 0 Å². The molecule has 1 amide bonds. The van der Waals surface area contributed by atoms with E-state index in [0.717, 1.165) is 44.4 Å². The predicted octanol–water partition coefficient (Wildman–Crippen LogP) is 6.27. The highest BCUT2D eigenvalue weighted by Crippen LogP contribution is 2.26. The SMILES string of the molecule is Cc1ccc(-c2nc(C(=O)Nc3cccc4ccccc34)nn2-c2cc(C)ccc2C)cc1. The molecule has 0 radical (unpaired) electrons. The van der Waals surface area contributed by atoms with Crippen LogP contribution in [0, 0.1) is 20.8 Å². The lowest BCUT2D eigenvalue weighted by molar-refractivity contribution is 0.101. The lowest BCUT2D eigenvalue weighted by atomic mass is 10.1. The van der Waals surface area contributed by atoms with E-state index in [2.05, 4.69) is 33.6 Å². The summed E-state index contributed by atoms with van der Waals surface area (Å²) in [7, 11) is 0. The van der Waals surface area contributed by atoms with Crippen LogP contribution in [0.4, 0.5) is 5.69 Å². The van der Waals surface area contributed by atoms with Gasteiger partial charge in [0.1, 0.15) is 0 Å². The number of carbonyl (C=O) groups excluding carboxylic acids is 1. The summed E-state index contributed by atoms with van der Waals surface area (Å²) in [6.45, 7) is 6.12. The van der Waals surface area contributed by atoms with Gasteiger partial charge in [0.15, 0.2) is 5.82 Å². The minimum atomic E-state index is -0.344. The van der Waals surface area contributed by atoms with Crippen LogP contribution >= 0.6 is 0 Å². The molecule has 1 heterocycles. The zero-order chi connectivity index (χ0) is 22.9. The Labute approximate surface area is 192 Å². The van der Waals surface area contributed by atoms with Gasteiger partial charge in [0.05, 0.1) is 5.69 Å². The van der Waals surface area contributed by atoms with E-state index in [1.54, 1.807) is 4.68 Å². The summed E-state index contributed by atoms with van der Waals surface area (Å²) in [5, 5.41) is 9.69. The smallest absolute Gasteiger partial charge is 0.295 e. The van der Waals surface area contributed by atoms with Crippen molar-refractivity contribution in [1.82, 2.24) is 14.8 Å². The first kappa shape index (κ1) is 20.6. The lowest BCUT2D eigenvalue weighted by Gasteiger charge is -2.10. The van der Waals surface area contributed by atoms with Gasteiger partial charge >= 0.3 is 0 Å². The molecule has 0 saturated heterocycles. The van der Waals surface area contributed by atoms with Crippen molar-refractivity contribution in [2.75, 3.05) is 5.32 Å². The predicted molar refractivity (Wildman–Crippen MR) is 133 cm³/mol. The number of fused-ring (bicyclic) bond motifs is 1. The van der Waals surface area contributed by atoms with Crippen LogP contribution in [-0.2, 0) is 0 Å². The zero-order valence-corrected chi connectivity index (χ0v) is 18.8. The topological polar surface area (TPSA) is 59.8 Å². The highest BCUT2D eigenvalue weighted by atomic mass is 16.2. The number of aromatic nitrogens is 3. The molecular weight excluding hydrogens is 408 g/mol. The second-order valence-electron chi connectivity index (χ2n) is 8.31. The standard InChI is InChI=1S/C28H24N4O/c1-18-12-15-22(16-13-18)27-30-26(31-32(27)25-17-19(2)11-14-20(25)3)28(33)29-24-10-6-8-21-7-4-5-9-23(21)24/h4-17H,1-3H3,(H,29,33). The average molecular weight is 433 g/mol. The molecule has 0 aliphatic rings. The van der Waals surface area contributed by atoms with Gasteiger partial charge in [-0.1, -0.05) is 78.4 Å². The number of amides is 1. The van der Waals surface area contributed by atoms with Crippen LogP contribution < -0.4 is 5.32 Å². The van der Waals surface area contributed by atoms with Crippen LogP contribution in [0.3, 0.4) is 0 Å². The Balaban J connectivity index is 1.60. The van der Waals surface area contributed by atoms with Crippen molar-refractivity contribution in [2.45, 2.75) is 20.8 Å². The number of nitrogens with one attached hydrogen (secondary N) is 1. The molecule has 0 aliphatic heterocycles. The van der Waals surface area contributed by atoms with Gasteiger partial charge in [-0.05, 0) is 49.4 Å². The number of anilines is 1. The molecule has 1 N–H and O–H groups in total. The van der Waals surface area contributed by atoms with Gasteiger partial charge in [0, 0.05) is 16.6 Å². The molecule has 0 fully saturated rings. The maximum absolute atomic E-state index is 13.2. The molecule has 5 heteroatoms. The van der Waals surface area contributed by atoms with Crippen LogP contribution in [0.25, 0.3) is 27.8 Å². The van der Waals surface area contributed by atoms with Gasteiger partial charge in [0.2, 0.25) is 5.82 Å². The summed E-state index contributed by atoms with van der Waals surface area (Å²) in [4.78, 5) is 17.9. The number of hydrogen-bond acceptors (Lipinski definition) is 3. The maximum Gasteiger partial charge on any atom is 0.295 e. The van der Waals surface area contributed by atoms with Crippen molar-refractivity contribution < 1.29 is 4.79 Å². The number of carbonyl (C=O) groups is 1. The molecular formula is C28H24N4O. The molecule has 0 bridgehead atoms. The fraction of sp³-hybridized carbons (Fsp3) is 0.107. The van der Waals surface area contributed by atoms with Crippen LogP contribution in [0.5, 0.6) is 0 Å². The van der Waals surface area contributed by atoms with Crippen molar-refractivity contribution in [3.05, 3.63) is 107 Å². The summed E-state index contributed by atoms with van der Waals surface area (Å²) in [5.41, 5.74) is 5.87. The Morgan fingerprint density at radius 3 is 2.36 bits per heavy atom. The molecule has 5 rings (SSSR count). The van der Waals surface area contributed by atoms with E-state index in [9.17, 15) is 4.79 Å². The van der Waals surface area contributed by atoms with E-state index in [0.29, 0.717) is 5.82 Å². The largest absolute Gasteiger partial charge is 0.319 e. The zero-order valence-electron chi connectivity index (χ0n) is 18.8. The van der Waals surface area contributed by atoms with Gasteiger partial charge < -0.3 is 5.32 Å². The third-order valence-electron chi connectivity index (χ3n) is 5.75. The van der Waals surface area contributed by atoms with E-state index >= 15 is 0 Å². The third kappa shape index (κ3) is 4.01. The third-order valence-corrected chi connectivity index (χ3v) is 5.75. The molecule has 0 atom stereocenters. The first-order valence-electron chi connectivity index (χ1n) is 10.9. The second kappa shape index (κ2) is 8.36. The fourth-order valence-electron chi connectivity index (χ4n) is 3.93. The number of hydrogen-bond donors (Lipinski definition) is 1. The van der Waals surface area contributed by atoms with Crippen LogP contribution in [0.1, 0.15) is 27.3 Å². The molecule has 4 aromatic carbocycles. The van der Waals surface area contributed by atoms with Gasteiger partial charge in [-0.15, -0.1) is 5.10 Å². The van der Waals surface area contributed by atoms with Crippen LogP contribution in [0.2, 0.25) is 0 Å². The van der Waals surface area contributed by atoms with E-state index in [1.165, 1.54) is 0 Å². The highest BCUT2D eigenvalue weighted by molar-refractivity contribution is 6.07. The summed E-state index contributed by atoms with van der Waals surface area (Å²) < 4.78 is 1.77. The van der Waals surface area contributed by atoms with Crippen molar-refractivity contribution in [1.29, 1.82) is 0 Å². The minimum Gasteiger partial charge on any atom is -0.319 e. The Bertz CT molecular complexity index is 1480. The van der Waals surface area contributed by atoms with Gasteiger partial charge in [-0.25, -0.2) is 9.67 Å². The van der Waals surface area contributed by atoms with Crippen molar-refractivity contribution in [3.8, 4) is 17.1 Å². The second-order valence-corrected chi connectivity index (χ2v) is 8.31. The van der Waals surface area contributed by atoms with Crippen molar-refractivity contribution >= 4 is 22.4 Å². The quantitative estimate of drug-likeness (QED) is 0.364. The van der Waals surface area contributed by atoms with Crippen molar-refractivity contribution in [3.63, 3.8) is 0 Å². The first-order valence-corrected chi connectivity index (χ1v) is 10.9. The maximum atomic E-state index is 13.2. The van der Waals surface area contributed by atoms with Gasteiger partial charge in [0.25, 0.3) is 5.91 Å². The molecule has 0 saturated carbocycles. The summed E-state index contributed by atoms with van der Waals surface area (Å²) in [6.07, 6.45) is 0. The van der Waals surface area contributed by atoms with Gasteiger partial charge in [-0.3, -0.25) is 4.79 Å². The monoisotopic (exact) mass is 432 g/mol. The Morgan fingerprint density at radius 1 is 0.818 bits per heavy atom. The van der Waals surface area contributed by atoms with E-state index in [4.69, 9.17) is 0 Å². The molecule has 5 nitrogen and oxygen atoms in total. The molecule has 162 valence electrons. The van der Waals surface area contributed by atoms with E-state index in [-0.39, 0.29) is 11.7 Å². The summed E-state index contributed by atoms with van der Waals surface area (Å²) in [5.74, 6) is 0.412. The molecule has 0 spiro atoms. The average Bonchev–Trinajstić information content (AvgIpc) is 3.27. The molecule has 5 aromatic rings. The molecule has 0 aliphatic carbocycles. The Kier molecular flexibility index (Phi) is 5.23. The molecule has 33 heavy (non-hydrogen) atoms. The lowest BCUT2D eigenvalue weighted by Crippen LogP contribution is -2.14. The Hall–Kier alpha value is -4.25. The Morgan fingerprint density at radius 2 is 1.55 bits per heavy atom. The molecule has 0 unspecified atom stereocenters. The van der Waals surface area contributed by atoms with Crippen LogP contribution in [-0.4, -0.2) is 20.7 Å². The summed E-state index contributed by atoms with van der Waals surface area (Å²) in [6, 6.07) is 28.1.